The second-order valence-corrected chi connectivity index (χ2v) is 4.64. The number of rotatable bonds is 4. The van der Waals surface area contributed by atoms with E-state index in [9.17, 15) is 4.79 Å². The third-order valence-electron chi connectivity index (χ3n) is 2.64. The van der Waals surface area contributed by atoms with E-state index in [4.69, 9.17) is 5.11 Å². The summed E-state index contributed by atoms with van der Waals surface area (Å²) >= 11 is 1.43. The Bertz CT molecular complexity index is 335. The molecule has 0 aromatic carbocycles. The topological polar surface area (TPSA) is 62.2 Å². The third kappa shape index (κ3) is 1.59. The number of thiazole rings is 1. The molecule has 0 saturated heterocycles. The van der Waals surface area contributed by atoms with Crippen LogP contribution in [0.3, 0.4) is 0 Å². The minimum atomic E-state index is -0.849. The highest BCUT2D eigenvalue weighted by molar-refractivity contribution is 7.13. The summed E-state index contributed by atoms with van der Waals surface area (Å²) in [6, 6.07) is 0. The van der Waals surface area contributed by atoms with Gasteiger partial charge in [0.05, 0.1) is 0 Å². The highest BCUT2D eigenvalue weighted by atomic mass is 32.1. The zero-order valence-corrected chi connectivity index (χ0v) is 8.67. The fourth-order valence-corrected chi connectivity index (χ4v) is 2.14. The van der Waals surface area contributed by atoms with Crippen LogP contribution in [0, 0.1) is 5.92 Å². The number of nitrogens with one attached hydrogen (secondary N) is 1. The first kappa shape index (κ1) is 9.45. The number of nitrogens with zero attached hydrogens (tertiary/aromatic N) is 1. The van der Waals surface area contributed by atoms with Gasteiger partial charge in [0.2, 0.25) is 0 Å². The van der Waals surface area contributed by atoms with Gasteiger partial charge in [0, 0.05) is 11.6 Å². The average molecular weight is 212 g/mol. The first-order valence-electron chi connectivity index (χ1n) is 4.54. The molecule has 1 fully saturated rings. The van der Waals surface area contributed by atoms with E-state index < -0.39 is 11.5 Å². The Kier molecular flexibility index (Phi) is 2.19. The highest BCUT2D eigenvalue weighted by Gasteiger charge is 2.47. The lowest BCUT2D eigenvalue weighted by atomic mass is 9.96. The fraction of sp³-hybridized carbons (Fsp3) is 0.556. The Morgan fingerprint density at radius 1 is 1.79 bits per heavy atom. The van der Waals surface area contributed by atoms with E-state index in [1.807, 2.05) is 5.38 Å². The van der Waals surface area contributed by atoms with Crippen molar-refractivity contribution in [2.24, 2.45) is 5.92 Å². The van der Waals surface area contributed by atoms with Gasteiger partial charge in [0.15, 0.2) is 5.13 Å². The van der Waals surface area contributed by atoms with Crippen LogP contribution < -0.4 is 5.32 Å². The molecule has 0 aliphatic heterocycles. The van der Waals surface area contributed by atoms with Gasteiger partial charge in [-0.05, 0) is 25.7 Å². The summed E-state index contributed by atoms with van der Waals surface area (Å²) in [7, 11) is 0. The molecule has 76 valence electrons. The number of aromatic nitrogens is 1. The van der Waals surface area contributed by atoms with Crippen molar-refractivity contribution in [2.45, 2.75) is 25.3 Å². The lowest BCUT2D eigenvalue weighted by molar-refractivity contribution is -0.142. The van der Waals surface area contributed by atoms with E-state index in [1.165, 1.54) is 11.3 Å². The van der Waals surface area contributed by atoms with E-state index >= 15 is 0 Å². The maximum atomic E-state index is 11.1. The van der Waals surface area contributed by atoms with Crippen LogP contribution in [0.5, 0.6) is 0 Å². The van der Waals surface area contributed by atoms with Gasteiger partial charge in [0.1, 0.15) is 5.54 Å². The minimum Gasteiger partial charge on any atom is -0.480 e. The van der Waals surface area contributed by atoms with E-state index in [2.05, 4.69) is 10.3 Å². The van der Waals surface area contributed by atoms with Crippen LogP contribution in [0.4, 0.5) is 5.13 Å². The van der Waals surface area contributed by atoms with Crippen molar-refractivity contribution in [2.75, 3.05) is 5.32 Å². The number of hydrogen-bond donors (Lipinski definition) is 2. The number of aliphatic carboxylic acids is 1. The Morgan fingerprint density at radius 3 is 2.93 bits per heavy atom. The van der Waals surface area contributed by atoms with Crippen LogP contribution >= 0.6 is 11.3 Å². The summed E-state index contributed by atoms with van der Waals surface area (Å²) in [5.41, 5.74) is -0.849. The highest BCUT2D eigenvalue weighted by Crippen LogP contribution is 2.41. The van der Waals surface area contributed by atoms with Gasteiger partial charge < -0.3 is 10.4 Å². The molecule has 1 atom stereocenters. The summed E-state index contributed by atoms with van der Waals surface area (Å²) in [5.74, 6) is -0.556. The van der Waals surface area contributed by atoms with E-state index in [0.717, 1.165) is 12.8 Å². The molecule has 2 rings (SSSR count). The normalized spacial score (nSPS) is 20.1. The molecule has 0 spiro atoms. The summed E-state index contributed by atoms with van der Waals surface area (Å²) in [6.45, 7) is 1.73. The molecular weight excluding hydrogens is 200 g/mol. The van der Waals surface area contributed by atoms with Crippen LogP contribution in [-0.2, 0) is 4.79 Å². The van der Waals surface area contributed by atoms with E-state index in [0.29, 0.717) is 5.13 Å². The zero-order chi connectivity index (χ0) is 10.2. The lowest BCUT2D eigenvalue weighted by Gasteiger charge is -2.25. The molecule has 14 heavy (non-hydrogen) atoms. The molecule has 1 unspecified atom stereocenters. The predicted octanol–water partition coefficient (Wildman–Crippen LogP) is 1.81. The van der Waals surface area contributed by atoms with Gasteiger partial charge in [-0.2, -0.15) is 0 Å². The standard InChI is InChI=1S/C9H12N2O2S/c1-9(7(12)13,6-2-3-6)11-8-10-4-5-14-8/h4-6H,2-3H2,1H3,(H,10,11)(H,12,13). The van der Waals surface area contributed by atoms with E-state index in [1.54, 1.807) is 13.1 Å². The quantitative estimate of drug-likeness (QED) is 0.799. The molecule has 1 heterocycles. The SMILES string of the molecule is CC(Nc1nccs1)(C(=O)O)C1CC1. The molecule has 1 aliphatic rings. The molecule has 2 N–H and O–H groups in total. The van der Waals surface area contributed by atoms with Gasteiger partial charge >= 0.3 is 5.97 Å². The molecule has 0 amide bonds. The summed E-state index contributed by atoms with van der Waals surface area (Å²) in [4.78, 5) is 15.2. The number of carboxylic acids is 1. The maximum Gasteiger partial charge on any atom is 0.329 e. The Labute approximate surface area is 86.0 Å². The van der Waals surface area contributed by atoms with Crippen LogP contribution in [0.25, 0.3) is 0 Å². The first-order chi connectivity index (χ1) is 6.63. The van der Waals surface area contributed by atoms with Gasteiger partial charge in [0.25, 0.3) is 0 Å². The number of hydrogen-bond acceptors (Lipinski definition) is 4. The van der Waals surface area contributed by atoms with E-state index in [-0.39, 0.29) is 5.92 Å². The Hall–Kier alpha value is -1.10. The molecule has 1 aromatic heterocycles. The average Bonchev–Trinajstić information content (AvgIpc) is 2.87. The minimum absolute atomic E-state index is 0.240. The first-order valence-corrected chi connectivity index (χ1v) is 5.42. The van der Waals surface area contributed by atoms with Crippen molar-refractivity contribution in [1.29, 1.82) is 0 Å². The third-order valence-corrected chi connectivity index (χ3v) is 3.33. The largest absolute Gasteiger partial charge is 0.480 e. The van der Waals surface area contributed by atoms with Crippen molar-refractivity contribution in [3.8, 4) is 0 Å². The van der Waals surface area contributed by atoms with Crippen LogP contribution in [0.15, 0.2) is 11.6 Å². The molecule has 1 saturated carbocycles. The predicted molar refractivity (Wildman–Crippen MR) is 54.5 cm³/mol. The second kappa shape index (κ2) is 3.24. The Balaban J connectivity index is 2.15. The maximum absolute atomic E-state index is 11.1. The van der Waals surface area contributed by atoms with Gasteiger partial charge in [-0.1, -0.05) is 0 Å². The molecular formula is C9H12N2O2S. The lowest BCUT2D eigenvalue weighted by Crippen LogP contribution is -2.45. The molecule has 0 bridgehead atoms. The fourth-order valence-electron chi connectivity index (χ4n) is 1.50. The molecule has 5 heteroatoms. The smallest absolute Gasteiger partial charge is 0.329 e. The monoisotopic (exact) mass is 212 g/mol. The van der Waals surface area contributed by atoms with Gasteiger partial charge in [-0.25, -0.2) is 9.78 Å². The zero-order valence-electron chi connectivity index (χ0n) is 7.86. The van der Waals surface area contributed by atoms with Crippen molar-refractivity contribution in [3.63, 3.8) is 0 Å². The summed E-state index contributed by atoms with van der Waals surface area (Å²) in [5, 5.41) is 14.7. The molecule has 1 aromatic rings. The number of carbonyl (C=O) groups is 1. The Morgan fingerprint density at radius 2 is 2.50 bits per heavy atom. The molecule has 4 nitrogen and oxygen atoms in total. The molecule has 0 radical (unpaired) electrons. The number of carboxylic acid groups (broad SMARTS) is 1. The summed E-state index contributed by atoms with van der Waals surface area (Å²) in [6.07, 6.45) is 3.64. The van der Waals surface area contributed by atoms with Gasteiger partial charge in [-0.15, -0.1) is 11.3 Å². The van der Waals surface area contributed by atoms with Crippen molar-refractivity contribution in [1.82, 2.24) is 4.98 Å². The van der Waals surface area contributed by atoms with Crippen LogP contribution in [-0.4, -0.2) is 21.6 Å². The van der Waals surface area contributed by atoms with Crippen molar-refractivity contribution >= 4 is 22.4 Å². The van der Waals surface area contributed by atoms with Crippen LogP contribution in [0.2, 0.25) is 0 Å². The summed E-state index contributed by atoms with van der Waals surface area (Å²) < 4.78 is 0. The molecule has 1 aliphatic carbocycles. The van der Waals surface area contributed by atoms with Gasteiger partial charge in [-0.3, -0.25) is 0 Å². The number of anilines is 1. The van der Waals surface area contributed by atoms with Crippen LogP contribution in [0.1, 0.15) is 19.8 Å². The van der Waals surface area contributed by atoms with Crippen molar-refractivity contribution < 1.29 is 9.90 Å². The second-order valence-electron chi connectivity index (χ2n) is 3.74. The van der Waals surface area contributed by atoms with Crippen molar-refractivity contribution in [3.05, 3.63) is 11.6 Å².